The van der Waals surface area contributed by atoms with Gasteiger partial charge in [-0.1, -0.05) is 12.1 Å². The van der Waals surface area contributed by atoms with Gasteiger partial charge >= 0.3 is 12.2 Å². The molecule has 0 aliphatic carbocycles. The van der Waals surface area contributed by atoms with Crippen LogP contribution in [0.25, 0.3) is 0 Å². The van der Waals surface area contributed by atoms with Crippen LogP contribution in [0.1, 0.15) is 38.0 Å². The molecule has 2 heterocycles. The predicted molar refractivity (Wildman–Crippen MR) is 115 cm³/mol. The maximum absolute atomic E-state index is 13.3. The Bertz CT molecular complexity index is 925. The molecule has 1 fully saturated rings. The number of hydrogen-bond donors (Lipinski definition) is 1. The van der Waals surface area contributed by atoms with Crippen LogP contribution >= 0.6 is 0 Å². The number of furan rings is 1. The molecule has 33 heavy (non-hydrogen) atoms. The van der Waals surface area contributed by atoms with Crippen molar-refractivity contribution in [3.05, 3.63) is 54.0 Å². The van der Waals surface area contributed by atoms with Crippen molar-refractivity contribution in [3.8, 4) is 0 Å². The van der Waals surface area contributed by atoms with Crippen LogP contribution in [-0.2, 0) is 22.3 Å². The number of benzene rings is 1. The maximum Gasteiger partial charge on any atom is 0.418 e. The van der Waals surface area contributed by atoms with Crippen LogP contribution in [0, 0.1) is 0 Å². The first-order valence-electron chi connectivity index (χ1n) is 10.8. The molecule has 1 N–H and O–H groups in total. The number of alkyl halides is 3. The average molecular weight is 467 g/mol. The van der Waals surface area contributed by atoms with E-state index >= 15 is 0 Å². The highest BCUT2D eigenvalue weighted by Crippen LogP contribution is 2.34. The maximum atomic E-state index is 13.3. The lowest BCUT2D eigenvalue weighted by molar-refractivity contribution is -0.137. The van der Waals surface area contributed by atoms with Crippen molar-refractivity contribution in [1.82, 2.24) is 9.80 Å². The molecule has 1 aromatic heterocycles. The van der Waals surface area contributed by atoms with E-state index in [9.17, 15) is 22.8 Å². The summed E-state index contributed by atoms with van der Waals surface area (Å²) < 4.78 is 50.9. The highest BCUT2D eigenvalue weighted by atomic mass is 19.4. The summed E-state index contributed by atoms with van der Waals surface area (Å²) >= 11 is 0. The van der Waals surface area contributed by atoms with Gasteiger partial charge in [-0.15, -0.1) is 0 Å². The van der Waals surface area contributed by atoms with Crippen molar-refractivity contribution < 1.29 is 31.9 Å². The number of carbonyl (C=O) groups excluding carboxylic acids is 2. The minimum absolute atomic E-state index is 0.107. The number of para-hydroxylation sites is 1. The van der Waals surface area contributed by atoms with Crippen molar-refractivity contribution in [2.24, 2.45) is 0 Å². The smallest absolute Gasteiger partial charge is 0.418 e. The third-order valence-electron chi connectivity index (χ3n) is 5.39. The summed E-state index contributed by atoms with van der Waals surface area (Å²) in [6, 6.07) is 6.98. The monoisotopic (exact) mass is 467 g/mol. The molecule has 7 nitrogen and oxygen atoms in total. The third kappa shape index (κ3) is 6.74. The van der Waals surface area contributed by atoms with Crippen molar-refractivity contribution in [3.63, 3.8) is 0 Å². The Morgan fingerprint density at radius 2 is 1.94 bits per heavy atom. The average Bonchev–Trinajstić information content (AvgIpc) is 3.45. The van der Waals surface area contributed by atoms with Gasteiger partial charge in [0.2, 0.25) is 5.91 Å². The standard InChI is InChI=1S/C23H28F3N3O4/c1-16(2)29(22(31)27-20-10-4-3-9-19(20)23(24,25)26)15-21(30)28(13-17-7-5-11-32-17)14-18-8-6-12-33-18/h3-5,7,9-11,16,18H,6,8,12-15H2,1-2H3,(H,27,31). The fourth-order valence-corrected chi connectivity index (χ4v) is 3.64. The molecule has 1 unspecified atom stereocenters. The fourth-order valence-electron chi connectivity index (χ4n) is 3.64. The molecule has 0 saturated carbocycles. The summed E-state index contributed by atoms with van der Waals surface area (Å²) in [4.78, 5) is 28.8. The SMILES string of the molecule is CC(C)N(CC(=O)N(Cc1ccco1)CC1CCCO1)C(=O)Nc1ccccc1C(F)(F)F. The van der Waals surface area contributed by atoms with Gasteiger partial charge in [0.1, 0.15) is 12.3 Å². The number of nitrogens with zero attached hydrogens (tertiary/aromatic N) is 2. The van der Waals surface area contributed by atoms with E-state index in [1.807, 2.05) is 0 Å². The summed E-state index contributed by atoms with van der Waals surface area (Å²) in [6.07, 6.45) is -1.49. The largest absolute Gasteiger partial charge is 0.467 e. The van der Waals surface area contributed by atoms with Gasteiger partial charge in [-0.05, 0) is 51.0 Å². The summed E-state index contributed by atoms with van der Waals surface area (Å²) in [5.41, 5.74) is -1.31. The van der Waals surface area contributed by atoms with Gasteiger partial charge in [0, 0.05) is 19.2 Å². The van der Waals surface area contributed by atoms with E-state index in [4.69, 9.17) is 9.15 Å². The minimum Gasteiger partial charge on any atom is -0.467 e. The van der Waals surface area contributed by atoms with E-state index in [-0.39, 0.29) is 30.8 Å². The summed E-state index contributed by atoms with van der Waals surface area (Å²) in [5.74, 6) is 0.232. The van der Waals surface area contributed by atoms with Crippen LogP contribution in [0.15, 0.2) is 47.1 Å². The number of rotatable bonds is 8. The van der Waals surface area contributed by atoms with E-state index in [2.05, 4.69) is 5.32 Å². The van der Waals surface area contributed by atoms with Crippen LogP contribution in [0.5, 0.6) is 0 Å². The van der Waals surface area contributed by atoms with Crippen LogP contribution in [0.3, 0.4) is 0 Å². The highest BCUT2D eigenvalue weighted by Gasteiger charge is 2.34. The van der Waals surface area contributed by atoms with Crippen LogP contribution in [0.2, 0.25) is 0 Å². The Hall–Kier alpha value is -3.01. The molecular formula is C23H28F3N3O4. The molecule has 2 aromatic rings. The number of ether oxygens (including phenoxy) is 1. The van der Waals surface area contributed by atoms with E-state index < -0.39 is 23.8 Å². The van der Waals surface area contributed by atoms with Gasteiger partial charge in [-0.3, -0.25) is 4.79 Å². The Morgan fingerprint density at radius 3 is 2.55 bits per heavy atom. The second-order valence-corrected chi connectivity index (χ2v) is 8.18. The van der Waals surface area contributed by atoms with Gasteiger partial charge in [-0.2, -0.15) is 13.2 Å². The number of anilines is 1. The molecule has 0 radical (unpaired) electrons. The van der Waals surface area contributed by atoms with Crippen molar-refractivity contribution >= 4 is 17.6 Å². The van der Waals surface area contributed by atoms with Gasteiger partial charge in [0.15, 0.2) is 0 Å². The van der Waals surface area contributed by atoms with Gasteiger partial charge < -0.3 is 24.3 Å². The Kier molecular flexibility index (Phi) is 8.01. The minimum atomic E-state index is -4.62. The zero-order chi connectivity index (χ0) is 24.0. The number of nitrogens with one attached hydrogen (secondary N) is 1. The first-order chi connectivity index (χ1) is 15.6. The summed E-state index contributed by atoms with van der Waals surface area (Å²) in [5, 5.41) is 2.31. The molecule has 180 valence electrons. The van der Waals surface area contributed by atoms with Crippen molar-refractivity contribution in [1.29, 1.82) is 0 Å². The topological polar surface area (TPSA) is 75.0 Å². The molecule has 3 amide bonds. The first-order valence-corrected chi connectivity index (χ1v) is 10.8. The predicted octanol–water partition coefficient (Wildman–Crippen LogP) is 4.75. The second-order valence-electron chi connectivity index (χ2n) is 8.18. The number of halogens is 3. The third-order valence-corrected chi connectivity index (χ3v) is 5.39. The van der Waals surface area contributed by atoms with Crippen molar-refractivity contribution in [2.75, 3.05) is 25.0 Å². The quantitative estimate of drug-likeness (QED) is 0.608. The van der Waals surface area contributed by atoms with Crippen LogP contribution in [0.4, 0.5) is 23.7 Å². The van der Waals surface area contributed by atoms with Crippen LogP contribution in [-0.4, -0.2) is 53.6 Å². The van der Waals surface area contributed by atoms with Gasteiger partial charge in [0.05, 0.1) is 30.2 Å². The van der Waals surface area contributed by atoms with E-state index in [0.717, 1.165) is 18.9 Å². The molecule has 3 rings (SSSR count). The summed E-state index contributed by atoms with van der Waals surface area (Å²) in [7, 11) is 0. The molecule has 1 aliphatic rings. The second kappa shape index (κ2) is 10.7. The van der Waals surface area contributed by atoms with Crippen LogP contribution < -0.4 is 5.32 Å². The Labute approximate surface area is 190 Å². The number of carbonyl (C=O) groups is 2. The van der Waals surface area contributed by atoms with E-state index in [1.54, 1.807) is 30.9 Å². The normalized spacial score (nSPS) is 16.1. The van der Waals surface area contributed by atoms with Gasteiger partial charge in [-0.25, -0.2) is 4.79 Å². The molecule has 1 atom stereocenters. The first kappa shape index (κ1) is 24.6. The lowest BCUT2D eigenvalue weighted by Gasteiger charge is -2.31. The molecule has 0 spiro atoms. The highest BCUT2D eigenvalue weighted by molar-refractivity contribution is 5.93. The van der Waals surface area contributed by atoms with Gasteiger partial charge in [0.25, 0.3) is 0 Å². The molecule has 1 saturated heterocycles. The number of urea groups is 1. The summed E-state index contributed by atoms with van der Waals surface area (Å²) in [6.45, 7) is 4.26. The Balaban J connectivity index is 1.73. The van der Waals surface area contributed by atoms with E-state index in [0.29, 0.717) is 18.9 Å². The zero-order valence-electron chi connectivity index (χ0n) is 18.6. The fraction of sp³-hybridized carbons (Fsp3) is 0.478. The number of hydrogen-bond acceptors (Lipinski definition) is 4. The molecular weight excluding hydrogens is 439 g/mol. The molecule has 0 bridgehead atoms. The number of amides is 3. The van der Waals surface area contributed by atoms with Crippen molar-refractivity contribution in [2.45, 2.75) is 51.6 Å². The molecule has 1 aromatic carbocycles. The molecule has 10 heteroatoms. The molecule has 1 aliphatic heterocycles. The zero-order valence-corrected chi connectivity index (χ0v) is 18.6. The van der Waals surface area contributed by atoms with E-state index in [1.165, 1.54) is 29.4 Å². The lowest BCUT2D eigenvalue weighted by atomic mass is 10.1. The Morgan fingerprint density at radius 1 is 1.18 bits per heavy atom. The lowest BCUT2D eigenvalue weighted by Crippen LogP contribution is -2.48.